The van der Waals surface area contributed by atoms with Crippen molar-refractivity contribution in [2.45, 2.75) is 13.8 Å². The number of thiol groups is 1. The third-order valence-electron chi connectivity index (χ3n) is 2.45. The Bertz CT molecular complexity index is 399. The maximum atomic E-state index is 11.3. The lowest BCUT2D eigenvalue weighted by molar-refractivity contribution is 0.108. The Morgan fingerprint density at radius 1 is 1.20 bits per heavy atom. The van der Waals surface area contributed by atoms with E-state index in [-0.39, 0.29) is 5.12 Å². The third kappa shape index (κ3) is 2.09. The zero-order valence-electron chi connectivity index (χ0n) is 9.25. The highest BCUT2D eigenvalue weighted by Gasteiger charge is 2.16. The molecule has 82 valence electrons. The number of hydrogen-bond donors (Lipinski definition) is 1. The maximum Gasteiger partial charge on any atom is 0.220 e. The standard InChI is InChI=1S/C11H14O3S/c1-6-7(2)10(14-4)8(11(12)15)5-9(6)13-3/h5H,1-4H3,(H,12,15). The van der Waals surface area contributed by atoms with E-state index in [1.54, 1.807) is 13.2 Å². The molecule has 0 unspecified atom stereocenters. The molecule has 0 N–H and O–H groups in total. The van der Waals surface area contributed by atoms with E-state index < -0.39 is 0 Å². The molecular weight excluding hydrogens is 212 g/mol. The van der Waals surface area contributed by atoms with E-state index in [1.165, 1.54) is 7.11 Å². The molecule has 0 aliphatic rings. The minimum Gasteiger partial charge on any atom is -0.496 e. The van der Waals surface area contributed by atoms with Crippen molar-refractivity contribution in [2.24, 2.45) is 0 Å². The number of carbonyl (C=O) groups excluding carboxylic acids is 1. The molecule has 1 aromatic rings. The largest absolute Gasteiger partial charge is 0.496 e. The number of hydrogen-bond acceptors (Lipinski definition) is 3. The molecule has 0 aliphatic carbocycles. The maximum absolute atomic E-state index is 11.3. The monoisotopic (exact) mass is 226 g/mol. The van der Waals surface area contributed by atoms with Crippen LogP contribution in [0.1, 0.15) is 21.5 Å². The molecule has 4 heteroatoms. The molecule has 0 heterocycles. The Labute approximate surface area is 94.8 Å². The quantitative estimate of drug-likeness (QED) is 0.804. The number of ether oxygens (including phenoxy) is 2. The highest BCUT2D eigenvalue weighted by molar-refractivity contribution is 7.97. The number of rotatable bonds is 3. The van der Waals surface area contributed by atoms with Gasteiger partial charge in [-0.3, -0.25) is 4.79 Å². The van der Waals surface area contributed by atoms with Crippen LogP contribution in [-0.4, -0.2) is 19.3 Å². The SMILES string of the molecule is COc1cc(C(=O)S)c(OC)c(C)c1C. The Kier molecular flexibility index (Phi) is 3.63. The molecule has 0 spiro atoms. The first-order valence-corrected chi connectivity index (χ1v) is 4.93. The molecule has 0 amide bonds. The molecule has 15 heavy (non-hydrogen) atoms. The van der Waals surface area contributed by atoms with Gasteiger partial charge in [0.15, 0.2) is 0 Å². The van der Waals surface area contributed by atoms with Crippen molar-refractivity contribution >= 4 is 17.7 Å². The van der Waals surface area contributed by atoms with E-state index >= 15 is 0 Å². The summed E-state index contributed by atoms with van der Waals surface area (Å²) < 4.78 is 10.4. The van der Waals surface area contributed by atoms with E-state index in [2.05, 4.69) is 12.6 Å². The van der Waals surface area contributed by atoms with Crippen molar-refractivity contribution in [1.29, 1.82) is 0 Å². The average molecular weight is 226 g/mol. The van der Waals surface area contributed by atoms with Crippen LogP contribution in [0.2, 0.25) is 0 Å². The van der Waals surface area contributed by atoms with E-state index in [9.17, 15) is 4.79 Å². The van der Waals surface area contributed by atoms with Gasteiger partial charge in [0.2, 0.25) is 5.12 Å². The second-order valence-electron chi connectivity index (χ2n) is 3.21. The van der Waals surface area contributed by atoms with Crippen LogP contribution in [0.3, 0.4) is 0 Å². The predicted octanol–water partition coefficient (Wildman–Crippen LogP) is 2.39. The molecule has 0 radical (unpaired) electrons. The van der Waals surface area contributed by atoms with Crippen LogP contribution in [0.15, 0.2) is 6.07 Å². The molecule has 0 saturated carbocycles. The highest BCUT2D eigenvalue weighted by atomic mass is 32.1. The van der Waals surface area contributed by atoms with Crippen LogP contribution in [0, 0.1) is 13.8 Å². The summed E-state index contributed by atoms with van der Waals surface area (Å²) in [5.74, 6) is 1.24. The van der Waals surface area contributed by atoms with Gasteiger partial charge in [0.1, 0.15) is 11.5 Å². The van der Waals surface area contributed by atoms with Crippen molar-refractivity contribution in [3.05, 3.63) is 22.8 Å². The lowest BCUT2D eigenvalue weighted by atomic mass is 10.0. The summed E-state index contributed by atoms with van der Waals surface area (Å²) in [6.45, 7) is 3.81. The average Bonchev–Trinajstić information content (AvgIpc) is 2.21. The second-order valence-corrected chi connectivity index (χ2v) is 3.62. The van der Waals surface area contributed by atoms with Gasteiger partial charge in [-0.25, -0.2) is 0 Å². The summed E-state index contributed by atoms with van der Waals surface area (Å²) in [5.41, 5.74) is 2.29. The highest BCUT2D eigenvalue weighted by Crippen LogP contribution is 2.33. The van der Waals surface area contributed by atoms with Crippen LogP contribution >= 0.6 is 12.6 Å². The first-order valence-electron chi connectivity index (χ1n) is 4.48. The number of methoxy groups -OCH3 is 2. The molecule has 0 saturated heterocycles. The summed E-state index contributed by atoms with van der Waals surface area (Å²) in [6.07, 6.45) is 0. The molecule has 0 aromatic heterocycles. The summed E-state index contributed by atoms with van der Waals surface area (Å²) in [6, 6.07) is 1.65. The Hall–Kier alpha value is -1.16. The molecular formula is C11H14O3S. The molecule has 0 bridgehead atoms. The first kappa shape index (κ1) is 11.9. The van der Waals surface area contributed by atoms with Gasteiger partial charge in [-0.05, 0) is 31.0 Å². The van der Waals surface area contributed by atoms with Crippen molar-refractivity contribution < 1.29 is 14.3 Å². The van der Waals surface area contributed by atoms with Crippen LogP contribution in [0.5, 0.6) is 11.5 Å². The number of benzene rings is 1. The fourth-order valence-electron chi connectivity index (χ4n) is 1.50. The van der Waals surface area contributed by atoms with Gasteiger partial charge in [-0.2, -0.15) is 0 Å². The Morgan fingerprint density at radius 2 is 1.80 bits per heavy atom. The molecule has 0 fully saturated rings. The summed E-state index contributed by atoms with van der Waals surface area (Å²) >= 11 is 3.80. The molecule has 1 rings (SSSR count). The van der Waals surface area contributed by atoms with Crippen LogP contribution in [0.25, 0.3) is 0 Å². The molecule has 3 nitrogen and oxygen atoms in total. The summed E-state index contributed by atoms with van der Waals surface area (Å²) in [4.78, 5) is 11.3. The second kappa shape index (κ2) is 4.57. The molecule has 0 aliphatic heterocycles. The molecule has 0 atom stereocenters. The van der Waals surface area contributed by atoms with Gasteiger partial charge in [0.25, 0.3) is 0 Å². The fraction of sp³-hybridized carbons (Fsp3) is 0.364. The lowest BCUT2D eigenvalue weighted by Gasteiger charge is -2.14. The van der Waals surface area contributed by atoms with Crippen molar-refractivity contribution in [3.63, 3.8) is 0 Å². The zero-order chi connectivity index (χ0) is 11.6. The fourth-order valence-corrected chi connectivity index (χ4v) is 1.66. The van der Waals surface area contributed by atoms with Crippen LogP contribution in [0.4, 0.5) is 0 Å². The summed E-state index contributed by atoms with van der Waals surface area (Å²) in [5, 5.41) is -0.326. The third-order valence-corrected chi connectivity index (χ3v) is 2.69. The Balaban J connectivity index is 3.51. The zero-order valence-corrected chi connectivity index (χ0v) is 10.1. The van der Waals surface area contributed by atoms with E-state index in [0.717, 1.165) is 11.1 Å². The van der Waals surface area contributed by atoms with Crippen LogP contribution < -0.4 is 9.47 Å². The van der Waals surface area contributed by atoms with Gasteiger partial charge in [-0.15, -0.1) is 12.6 Å². The van der Waals surface area contributed by atoms with Crippen molar-refractivity contribution in [3.8, 4) is 11.5 Å². The van der Waals surface area contributed by atoms with Gasteiger partial charge in [0, 0.05) is 0 Å². The van der Waals surface area contributed by atoms with Gasteiger partial charge in [0.05, 0.1) is 19.8 Å². The first-order chi connectivity index (χ1) is 7.02. The predicted molar refractivity (Wildman–Crippen MR) is 62.3 cm³/mol. The van der Waals surface area contributed by atoms with Crippen molar-refractivity contribution in [2.75, 3.05) is 14.2 Å². The lowest BCUT2D eigenvalue weighted by Crippen LogP contribution is -2.02. The minimum absolute atomic E-state index is 0.326. The normalized spacial score (nSPS) is 9.93. The minimum atomic E-state index is -0.326. The summed E-state index contributed by atoms with van der Waals surface area (Å²) in [7, 11) is 3.11. The topological polar surface area (TPSA) is 35.5 Å². The van der Waals surface area contributed by atoms with Gasteiger partial charge >= 0.3 is 0 Å². The van der Waals surface area contributed by atoms with E-state index in [1.807, 2.05) is 13.8 Å². The Morgan fingerprint density at radius 3 is 2.20 bits per heavy atom. The van der Waals surface area contributed by atoms with Gasteiger partial charge < -0.3 is 9.47 Å². The smallest absolute Gasteiger partial charge is 0.220 e. The van der Waals surface area contributed by atoms with Crippen molar-refractivity contribution in [1.82, 2.24) is 0 Å². The van der Waals surface area contributed by atoms with Crippen LogP contribution in [-0.2, 0) is 0 Å². The molecule has 1 aromatic carbocycles. The number of carbonyl (C=O) groups is 1. The van der Waals surface area contributed by atoms with E-state index in [4.69, 9.17) is 9.47 Å². The van der Waals surface area contributed by atoms with E-state index in [0.29, 0.717) is 17.1 Å². The van der Waals surface area contributed by atoms with Gasteiger partial charge in [-0.1, -0.05) is 0 Å².